The lowest BCUT2D eigenvalue weighted by atomic mass is 10.1. The first-order chi connectivity index (χ1) is 10.6. The van der Waals surface area contributed by atoms with Crippen molar-refractivity contribution in [2.75, 3.05) is 44.7 Å². The smallest absolute Gasteiger partial charge is 0.247 e. The molecule has 2 aliphatic rings. The van der Waals surface area contributed by atoms with Crippen LogP contribution in [0.25, 0.3) is 0 Å². The van der Waals surface area contributed by atoms with Gasteiger partial charge in [-0.25, -0.2) is 4.98 Å². The second-order valence-corrected chi connectivity index (χ2v) is 5.37. The van der Waals surface area contributed by atoms with E-state index in [0.717, 1.165) is 0 Å². The predicted octanol–water partition coefficient (Wildman–Crippen LogP) is -0.635. The molecule has 1 atom stereocenters. The number of carbonyl (C=O) groups is 2. The quantitative estimate of drug-likeness (QED) is 0.739. The van der Waals surface area contributed by atoms with Gasteiger partial charge in [0.15, 0.2) is 0 Å². The van der Waals surface area contributed by atoms with E-state index in [1.54, 1.807) is 24.2 Å². The lowest BCUT2D eigenvalue weighted by Gasteiger charge is -2.45. The summed E-state index contributed by atoms with van der Waals surface area (Å²) < 4.78 is 5.38. The molecule has 1 aromatic rings. The number of piperazine rings is 2. The van der Waals surface area contributed by atoms with Gasteiger partial charge in [0.05, 0.1) is 19.7 Å². The van der Waals surface area contributed by atoms with E-state index in [2.05, 4.69) is 9.97 Å². The molecule has 118 valence electrons. The Hall–Kier alpha value is -2.38. The molecule has 22 heavy (non-hydrogen) atoms. The van der Waals surface area contributed by atoms with E-state index >= 15 is 0 Å². The summed E-state index contributed by atoms with van der Waals surface area (Å²) in [7, 11) is 1.66. The third kappa shape index (κ3) is 2.56. The summed E-state index contributed by atoms with van der Waals surface area (Å²) in [5, 5.41) is 0. The Morgan fingerprint density at radius 3 is 2.95 bits per heavy atom. The number of amides is 2. The first kappa shape index (κ1) is 14.6. The van der Waals surface area contributed by atoms with Crippen LogP contribution < -0.4 is 9.64 Å². The van der Waals surface area contributed by atoms with Gasteiger partial charge in [-0.05, 0) is 6.92 Å². The van der Waals surface area contributed by atoms with Gasteiger partial charge in [-0.15, -0.1) is 0 Å². The number of anilines is 1. The minimum atomic E-state index is -0.459. The molecule has 8 heteroatoms. The molecule has 2 amide bonds. The average Bonchev–Trinajstić information content (AvgIpc) is 2.53. The highest BCUT2D eigenvalue weighted by molar-refractivity contribution is 5.95. The molecular weight excluding hydrogens is 286 g/mol. The SMILES string of the molecule is CCOc1ccnc(N2CCN3C(=O)CN(C)C(=O)[C@H]3C2)n1. The second-order valence-electron chi connectivity index (χ2n) is 5.37. The van der Waals surface area contributed by atoms with E-state index in [9.17, 15) is 9.59 Å². The Morgan fingerprint density at radius 2 is 2.18 bits per heavy atom. The van der Waals surface area contributed by atoms with E-state index < -0.39 is 6.04 Å². The molecule has 0 aromatic carbocycles. The topological polar surface area (TPSA) is 78.9 Å². The first-order valence-corrected chi connectivity index (χ1v) is 7.35. The van der Waals surface area contributed by atoms with Crippen LogP contribution in [-0.2, 0) is 9.59 Å². The third-order valence-corrected chi connectivity index (χ3v) is 3.93. The molecule has 0 spiro atoms. The number of likely N-dealkylation sites (N-methyl/N-ethyl adjacent to an activating group) is 1. The van der Waals surface area contributed by atoms with Crippen molar-refractivity contribution in [3.63, 3.8) is 0 Å². The molecule has 0 aliphatic carbocycles. The maximum atomic E-state index is 12.3. The number of nitrogens with zero attached hydrogens (tertiary/aromatic N) is 5. The molecule has 8 nitrogen and oxygen atoms in total. The van der Waals surface area contributed by atoms with E-state index in [1.165, 1.54) is 4.90 Å². The highest BCUT2D eigenvalue weighted by Gasteiger charge is 2.41. The average molecular weight is 305 g/mol. The summed E-state index contributed by atoms with van der Waals surface area (Å²) in [5.41, 5.74) is 0. The van der Waals surface area contributed by atoms with Crippen molar-refractivity contribution in [3.8, 4) is 5.88 Å². The fourth-order valence-corrected chi connectivity index (χ4v) is 2.81. The van der Waals surface area contributed by atoms with Gasteiger partial charge in [-0.2, -0.15) is 4.98 Å². The van der Waals surface area contributed by atoms with Crippen LogP contribution in [0, 0.1) is 0 Å². The molecule has 0 radical (unpaired) electrons. The Labute approximate surface area is 128 Å². The number of fused-ring (bicyclic) bond motifs is 1. The third-order valence-electron chi connectivity index (χ3n) is 3.93. The van der Waals surface area contributed by atoms with Crippen molar-refractivity contribution < 1.29 is 14.3 Å². The normalized spacial score (nSPS) is 21.9. The van der Waals surface area contributed by atoms with E-state index in [1.807, 2.05) is 11.8 Å². The highest BCUT2D eigenvalue weighted by atomic mass is 16.5. The van der Waals surface area contributed by atoms with Crippen LogP contribution in [0.1, 0.15) is 6.92 Å². The van der Waals surface area contributed by atoms with Crippen molar-refractivity contribution >= 4 is 17.8 Å². The van der Waals surface area contributed by atoms with Crippen LogP contribution in [0.15, 0.2) is 12.3 Å². The molecule has 2 fully saturated rings. The fourth-order valence-electron chi connectivity index (χ4n) is 2.81. The van der Waals surface area contributed by atoms with Crippen LogP contribution >= 0.6 is 0 Å². The minimum absolute atomic E-state index is 0.00395. The largest absolute Gasteiger partial charge is 0.478 e. The van der Waals surface area contributed by atoms with Gasteiger partial charge < -0.3 is 19.4 Å². The zero-order valence-electron chi connectivity index (χ0n) is 12.7. The number of aromatic nitrogens is 2. The summed E-state index contributed by atoms with van der Waals surface area (Å²) in [6.07, 6.45) is 1.64. The lowest BCUT2D eigenvalue weighted by molar-refractivity contribution is -0.154. The highest BCUT2D eigenvalue weighted by Crippen LogP contribution is 2.21. The zero-order valence-corrected chi connectivity index (χ0v) is 12.7. The standard InChI is InChI=1S/C14H19N5O3/c1-3-22-11-4-5-15-14(16-11)18-6-7-19-10(8-18)13(21)17(2)9-12(19)20/h4-5,10H,3,6-9H2,1-2H3/t10-/m1/s1. The summed E-state index contributed by atoms with van der Waals surface area (Å²) in [6.45, 7) is 4.10. The molecule has 0 unspecified atom stereocenters. The van der Waals surface area contributed by atoms with E-state index in [4.69, 9.17) is 4.74 Å². The van der Waals surface area contributed by atoms with Crippen molar-refractivity contribution in [3.05, 3.63) is 12.3 Å². The summed E-state index contributed by atoms with van der Waals surface area (Å²) in [4.78, 5) is 38.0. The van der Waals surface area contributed by atoms with Gasteiger partial charge in [0.25, 0.3) is 0 Å². The summed E-state index contributed by atoms with van der Waals surface area (Å²) >= 11 is 0. The van der Waals surface area contributed by atoms with Gasteiger partial charge >= 0.3 is 0 Å². The molecular formula is C14H19N5O3. The maximum Gasteiger partial charge on any atom is 0.247 e. The fraction of sp³-hybridized carbons (Fsp3) is 0.571. The van der Waals surface area contributed by atoms with Gasteiger partial charge in [0, 0.05) is 32.4 Å². The molecule has 1 aromatic heterocycles. The lowest BCUT2D eigenvalue weighted by Crippen LogP contribution is -2.66. The number of hydrogen-bond acceptors (Lipinski definition) is 6. The molecule has 2 aliphatic heterocycles. The van der Waals surface area contributed by atoms with Crippen LogP contribution in [-0.4, -0.2) is 77.5 Å². The molecule has 0 bridgehead atoms. The molecule has 0 N–H and O–H groups in total. The molecule has 3 rings (SSSR count). The Balaban J connectivity index is 1.79. The predicted molar refractivity (Wildman–Crippen MR) is 78.6 cm³/mol. The van der Waals surface area contributed by atoms with Crippen LogP contribution in [0.4, 0.5) is 5.95 Å². The Kier molecular flexibility index (Phi) is 3.82. The van der Waals surface area contributed by atoms with Gasteiger partial charge in [-0.1, -0.05) is 0 Å². The summed E-state index contributed by atoms with van der Waals surface area (Å²) in [6, 6.07) is 1.24. The van der Waals surface area contributed by atoms with E-state index in [-0.39, 0.29) is 18.4 Å². The maximum absolute atomic E-state index is 12.3. The monoisotopic (exact) mass is 305 g/mol. The van der Waals surface area contributed by atoms with Gasteiger partial charge in [-0.3, -0.25) is 9.59 Å². The summed E-state index contributed by atoms with van der Waals surface area (Å²) in [5.74, 6) is 0.998. The van der Waals surface area contributed by atoms with Gasteiger partial charge in [0.1, 0.15) is 6.04 Å². The Morgan fingerprint density at radius 1 is 1.36 bits per heavy atom. The van der Waals surface area contributed by atoms with E-state index in [0.29, 0.717) is 38.1 Å². The second kappa shape index (κ2) is 5.78. The van der Waals surface area contributed by atoms with Crippen molar-refractivity contribution in [2.24, 2.45) is 0 Å². The van der Waals surface area contributed by atoms with Crippen molar-refractivity contribution in [1.82, 2.24) is 19.8 Å². The van der Waals surface area contributed by atoms with Crippen LogP contribution in [0.5, 0.6) is 5.88 Å². The zero-order chi connectivity index (χ0) is 15.7. The molecule has 0 saturated carbocycles. The molecule has 3 heterocycles. The Bertz CT molecular complexity index is 594. The number of rotatable bonds is 3. The minimum Gasteiger partial charge on any atom is -0.478 e. The van der Waals surface area contributed by atoms with Gasteiger partial charge in [0.2, 0.25) is 23.6 Å². The number of ether oxygens (including phenoxy) is 1. The van der Waals surface area contributed by atoms with Crippen LogP contribution in [0.3, 0.4) is 0 Å². The van der Waals surface area contributed by atoms with Crippen molar-refractivity contribution in [1.29, 1.82) is 0 Å². The number of carbonyl (C=O) groups excluding carboxylic acids is 2. The van der Waals surface area contributed by atoms with Crippen LogP contribution in [0.2, 0.25) is 0 Å². The number of hydrogen-bond donors (Lipinski definition) is 0. The first-order valence-electron chi connectivity index (χ1n) is 7.35. The van der Waals surface area contributed by atoms with Crippen molar-refractivity contribution in [2.45, 2.75) is 13.0 Å². The molecule has 2 saturated heterocycles.